The number of aromatic nitrogens is 1. The summed E-state index contributed by atoms with van der Waals surface area (Å²) in [6, 6.07) is -0.00699. The van der Waals surface area contributed by atoms with Gasteiger partial charge in [0.05, 0.1) is 0 Å². The van der Waals surface area contributed by atoms with Crippen molar-refractivity contribution in [1.82, 2.24) is 9.46 Å². The van der Waals surface area contributed by atoms with Gasteiger partial charge in [-0.15, -0.1) is 0 Å². The first-order chi connectivity index (χ1) is 8.85. The van der Waals surface area contributed by atoms with Gasteiger partial charge in [0.25, 0.3) is 0 Å². The van der Waals surface area contributed by atoms with Gasteiger partial charge in [0.15, 0.2) is 5.76 Å². The standard InChI is InChI=1S/C12H19BrN2O3S/c1-8-12(9(2)18-14-8)19(16,17)15(3)11-7-5-4-6-10(11)13/h10-11H,4-7H2,1-3H3. The van der Waals surface area contributed by atoms with Crippen LogP contribution in [0.25, 0.3) is 0 Å². The van der Waals surface area contributed by atoms with Crippen molar-refractivity contribution >= 4 is 26.0 Å². The first-order valence-electron chi connectivity index (χ1n) is 6.40. The SMILES string of the molecule is Cc1noc(C)c1S(=O)(=O)N(C)C1CCCCC1Br. The lowest BCUT2D eigenvalue weighted by Gasteiger charge is -2.34. The summed E-state index contributed by atoms with van der Waals surface area (Å²) in [6.07, 6.45) is 4.10. The van der Waals surface area contributed by atoms with Gasteiger partial charge in [-0.3, -0.25) is 0 Å². The molecule has 1 saturated carbocycles. The van der Waals surface area contributed by atoms with Crippen LogP contribution >= 0.6 is 15.9 Å². The zero-order valence-electron chi connectivity index (χ0n) is 11.4. The highest BCUT2D eigenvalue weighted by atomic mass is 79.9. The van der Waals surface area contributed by atoms with E-state index in [1.165, 1.54) is 4.31 Å². The smallest absolute Gasteiger partial charge is 0.248 e. The van der Waals surface area contributed by atoms with Gasteiger partial charge in [-0.25, -0.2) is 8.42 Å². The van der Waals surface area contributed by atoms with Gasteiger partial charge in [0, 0.05) is 17.9 Å². The Hall–Kier alpha value is -0.400. The maximum Gasteiger partial charge on any atom is 0.248 e. The Morgan fingerprint density at radius 3 is 2.47 bits per heavy atom. The molecule has 0 saturated heterocycles. The molecule has 1 aliphatic rings. The van der Waals surface area contributed by atoms with Gasteiger partial charge in [-0.2, -0.15) is 4.31 Å². The highest BCUT2D eigenvalue weighted by Crippen LogP contribution is 2.32. The molecule has 2 rings (SSSR count). The third-order valence-electron chi connectivity index (χ3n) is 3.72. The number of halogens is 1. The molecule has 0 amide bonds. The molecule has 1 aliphatic carbocycles. The average Bonchev–Trinajstić information content (AvgIpc) is 2.69. The Labute approximate surface area is 122 Å². The molecule has 1 fully saturated rings. The van der Waals surface area contributed by atoms with E-state index < -0.39 is 10.0 Å². The topological polar surface area (TPSA) is 63.4 Å². The fourth-order valence-electron chi connectivity index (χ4n) is 2.64. The van der Waals surface area contributed by atoms with E-state index in [2.05, 4.69) is 21.1 Å². The van der Waals surface area contributed by atoms with E-state index in [4.69, 9.17) is 4.52 Å². The van der Waals surface area contributed by atoms with Crippen molar-refractivity contribution in [3.63, 3.8) is 0 Å². The first kappa shape index (κ1) is 15.0. The van der Waals surface area contributed by atoms with Crippen molar-refractivity contribution in [2.45, 2.75) is 55.3 Å². The lowest BCUT2D eigenvalue weighted by molar-refractivity contribution is 0.296. The van der Waals surface area contributed by atoms with Crippen molar-refractivity contribution in [2.75, 3.05) is 7.05 Å². The van der Waals surface area contributed by atoms with E-state index in [1.807, 2.05) is 0 Å². The summed E-state index contributed by atoms with van der Waals surface area (Å²) in [4.78, 5) is 0.418. The maximum absolute atomic E-state index is 12.7. The van der Waals surface area contributed by atoms with Crippen LogP contribution in [0.2, 0.25) is 0 Å². The minimum atomic E-state index is -3.54. The molecule has 2 unspecified atom stereocenters. The number of hydrogen-bond donors (Lipinski definition) is 0. The van der Waals surface area contributed by atoms with Crippen LogP contribution < -0.4 is 0 Å². The quantitative estimate of drug-likeness (QED) is 0.786. The van der Waals surface area contributed by atoms with Gasteiger partial charge < -0.3 is 4.52 Å². The van der Waals surface area contributed by atoms with Crippen LogP contribution in [-0.4, -0.2) is 35.8 Å². The van der Waals surface area contributed by atoms with E-state index in [0.717, 1.165) is 25.7 Å². The van der Waals surface area contributed by atoms with Crippen LogP contribution in [-0.2, 0) is 10.0 Å². The van der Waals surface area contributed by atoms with Gasteiger partial charge >= 0.3 is 0 Å². The second kappa shape index (κ2) is 5.54. The molecule has 5 nitrogen and oxygen atoms in total. The summed E-state index contributed by atoms with van der Waals surface area (Å²) < 4.78 is 31.8. The van der Waals surface area contributed by atoms with Gasteiger partial charge in [-0.05, 0) is 26.7 Å². The van der Waals surface area contributed by atoms with Crippen LogP contribution in [0.15, 0.2) is 9.42 Å². The molecule has 1 heterocycles. The Kier molecular flexibility index (Phi) is 4.37. The zero-order chi connectivity index (χ0) is 14.2. The zero-order valence-corrected chi connectivity index (χ0v) is 13.8. The van der Waals surface area contributed by atoms with Crippen LogP contribution in [0.3, 0.4) is 0 Å². The van der Waals surface area contributed by atoms with Crippen molar-refractivity contribution in [1.29, 1.82) is 0 Å². The van der Waals surface area contributed by atoms with E-state index in [9.17, 15) is 8.42 Å². The molecule has 0 aromatic carbocycles. The predicted octanol–water partition coefficient (Wildman–Crippen LogP) is 2.62. The Morgan fingerprint density at radius 1 is 1.32 bits per heavy atom. The molecule has 7 heteroatoms. The molecular weight excluding hydrogens is 332 g/mol. The second-order valence-corrected chi connectivity index (χ2v) is 8.15. The second-order valence-electron chi connectivity index (χ2n) is 5.04. The van der Waals surface area contributed by atoms with E-state index in [1.54, 1.807) is 20.9 Å². The molecular formula is C12H19BrN2O3S. The molecule has 0 spiro atoms. The molecule has 0 radical (unpaired) electrons. The van der Waals surface area contributed by atoms with Gasteiger partial charge in [0.2, 0.25) is 10.0 Å². The maximum atomic E-state index is 12.7. The van der Waals surface area contributed by atoms with Crippen LogP contribution in [0.5, 0.6) is 0 Å². The van der Waals surface area contributed by atoms with Gasteiger partial charge in [-0.1, -0.05) is 33.9 Å². The number of sulfonamides is 1. The van der Waals surface area contributed by atoms with E-state index in [0.29, 0.717) is 11.5 Å². The minimum absolute atomic E-state index is 0.00699. The van der Waals surface area contributed by atoms with E-state index in [-0.39, 0.29) is 15.8 Å². The van der Waals surface area contributed by atoms with E-state index >= 15 is 0 Å². The van der Waals surface area contributed by atoms with Gasteiger partial charge in [0.1, 0.15) is 10.6 Å². The Morgan fingerprint density at radius 2 is 1.95 bits per heavy atom. The summed E-state index contributed by atoms with van der Waals surface area (Å²) >= 11 is 3.60. The van der Waals surface area contributed by atoms with Crippen molar-refractivity contribution < 1.29 is 12.9 Å². The molecule has 19 heavy (non-hydrogen) atoms. The first-order valence-corrected chi connectivity index (χ1v) is 8.76. The molecule has 1 aromatic heterocycles. The third-order valence-corrected chi connectivity index (χ3v) is 6.92. The Bertz CT molecular complexity index is 536. The third kappa shape index (κ3) is 2.73. The summed E-state index contributed by atoms with van der Waals surface area (Å²) in [5.41, 5.74) is 0.422. The highest BCUT2D eigenvalue weighted by molar-refractivity contribution is 9.09. The van der Waals surface area contributed by atoms with Crippen LogP contribution in [0, 0.1) is 13.8 Å². The summed E-state index contributed by atoms with van der Waals surface area (Å²) in [5, 5.41) is 3.74. The van der Waals surface area contributed by atoms with Crippen molar-refractivity contribution in [3.05, 3.63) is 11.5 Å². The molecule has 0 N–H and O–H groups in total. The summed E-state index contributed by atoms with van der Waals surface area (Å²) in [7, 11) is -1.90. The fraction of sp³-hybridized carbons (Fsp3) is 0.750. The number of rotatable bonds is 3. The summed E-state index contributed by atoms with van der Waals surface area (Å²) in [5.74, 6) is 0.353. The Balaban J connectivity index is 2.34. The molecule has 1 aromatic rings. The molecule has 2 atom stereocenters. The van der Waals surface area contributed by atoms with Crippen molar-refractivity contribution in [2.24, 2.45) is 0 Å². The van der Waals surface area contributed by atoms with Crippen molar-refractivity contribution in [3.8, 4) is 0 Å². The number of hydrogen-bond acceptors (Lipinski definition) is 4. The average molecular weight is 351 g/mol. The lowest BCUT2D eigenvalue weighted by atomic mass is 9.96. The monoisotopic (exact) mass is 350 g/mol. The summed E-state index contributed by atoms with van der Waals surface area (Å²) in [6.45, 7) is 3.29. The molecule has 108 valence electrons. The molecule has 0 aliphatic heterocycles. The number of nitrogens with zero attached hydrogens (tertiary/aromatic N) is 2. The number of alkyl halides is 1. The number of aryl methyl sites for hydroxylation is 2. The van der Waals surface area contributed by atoms with Crippen LogP contribution in [0.4, 0.5) is 0 Å². The predicted molar refractivity (Wildman–Crippen MR) is 75.9 cm³/mol. The van der Waals surface area contributed by atoms with Crippen LogP contribution in [0.1, 0.15) is 37.1 Å². The largest absolute Gasteiger partial charge is 0.360 e. The lowest BCUT2D eigenvalue weighted by Crippen LogP contribution is -2.44. The molecule has 0 bridgehead atoms. The fourth-order valence-corrected chi connectivity index (χ4v) is 5.45. The highest BCUT2D eigenvalue weighted by Gasteiger charge is 2.36. The minimum Gasteiger partial charge on any atom is -0.360 e. The normalized spacial score (nSPS) is 24.9.